The van der Waals surface area contributed by atoms with Gasteiger partial charge < -0.3 is 15.0 Å². The Labute approximate surface area is 130 Å². The maximum atomic E-state index is 12.0. The first-order valence-electron chi connectivity index (χ1n) is 8.19. The molecule has 21 heavy (non-hydrogen) atoms. The van der Waals surface area contributed by atoms with Gasteiger partial charge in [-0.2, -0.15) is 0 Å². The first-order chi connectivity index (χ1) is 9.78. The molecular formula is C16H33N3O2. The third kappa shape index (κ3) is 8.27. The van der Waals surface area contributed by atoms with Crippen molar-refractivity contribution in [2.24, 2.45) is 5.92 Å². The van der Waals surface area contributed by atoms with Crippen molar-refractivity contribution < 1.29 is 9.53 Å². The highest BCUT2D eigenvalue weighted by molar-refractivity contribution is 5.68. The number of carbonyl (C=O) groups excluding carboxylic acids is 1. The average Bonchev–Trinajstić information content (AvgIpc) is 2.36. The van der Waals surface area contributed by atoms with Gasteiger partial charge in [0.25, 0.3) is 0 Å². The lowest BCUT2D eigenvalue weighted by Gasteiger charge is -2.35. The van der Waals surface area contributed by atoms with Gasteiger partial charge in [-0.1, -0.05) is 13.8 Å². The summed E-state index contributed by atoms with van der Waals surface area (Å²) in [5, 5.41) is 3.47. The molecule has 1 rings (SSSR count). The number of carbonyl (C=O) groups is 1. The molecule has 0 aliphatic carbocycles. The van der Waals surface area contributed by atoms with Crippen LogP contribution < -0.4 is 5.32 Å². The fraction of sp³-hybridized carbons (Fsp3) is 0.938. The molecule has 0 spiro atoms. The van der Waals surface area contributed by atoms with Gasteiger partial charge in [-0.15, -0.1) is 0 Å². The summed E-state index contributed by atoms with van der Waals surface area (Å²) in [7, 11) is 0. The van der Waals surface area contributed by atoms with E-state index in [4.69, 9.17) is 4.74 Å². The van der Waals surface area contributed by atoms with Crippen molar-refractivity contribution in [1.82, 2.24) is 15.1 Å². The molecule has 1 heterocycles. The van der Waals surface area contributed by atoms with Gasteiger partial charge in [0.05, 0.1) is 0 Å². The zero-order valence-corrected chi connectivity index (χ0v) is 14.4. The second kappa shape index (κ2) is 8.59. The molecule has 0 unspecified atom stereocenters. The van der Waals surface area contributed by atoms with E-state index in [-0.39, 0.29) is 6.09 Å². The van der Waals surface area contributed by atoms with E-state index in [9.17, 15) is 4.79 Å². The van der Waals surface area contributed by atoms with E-state index in [2.05, 4.69) is 24.1 Å². The minimum atomic E-state index is -0.406. The number of amides is 1. The first kappa shape index (κ1) is 18.2. The fourth-order valence-corrected chi connectivity index (χ4v) is 2.30. The van der Waals surface area contributed by atoms with Gasteiger partial charge in [0, 0.05) is 26.2 Å². The van der Waals surface area contributed by atoms with Crippen molar-refractivity contribution in [3.8, 4) is 0 Å². The molecule has 124 valence electrons. The van der Waals surface area contributed by atoms with Crippen molar-refractivity contribution in [2.45, 2.75) is 46.6 Å². The lowest BCUT2D eigenvalue weighted by molar-refractivity contribution is 0.0144. The second-order valence-corrected chi connectivity index (χ2v) is 7.26. The number of piperazine rings is 1. The number of hydrogen-bond donors (Lipinski definition) is 1. The van der Waals surface area contributed by atoms with Crippen LogP contribution in [0.5, 0.6) is 0 Å². The van der Waals surface area contributed by atoms with E-state index in [0.29, 0.717) is 5.92 Å². The topological polar surface area (TPSA) is 44.8 Å². The van der Waals surface area contributed by atoms with Gasteiger partial charge in [-0.05, 0) is 52.7 Å². The minimum Gasteiger partial charge on any atom is -0.444 e. The normalized spacial score (nSPS) is 17.3. The highest BCUT2D eigenvalue weighted by Gasteiger charge is 2.25. The Morgan fingerprint density at radius 2 is 1.81 bits per heavy atom. The third-order valence-electron chi connectivity index (χ3n) is 3.40. The zero-order chi connectivity index (χ0) is 15.9. The molecule has 1 aliphatic rings. The SMILES string of the molecule is CC(C)CNCCCN1CCN(C(=O)OC(C)(C)C)CC1. The van der Waals surface area contributed by atoms with Crippen LogP contribution in [0.2, 0.25) is 0 Å². The largest absolute Gasteiger partial charge is 0.444 e. The molecule has 5 heteroatoms. The van der Waals surface area contributed by atoms with Crippen LogP contribution in [0.4, 0.5) is 4.79 Å². The monoisotopic (exact) mass is 299 g/mol. The molecule has 1 saturated heterocycles. The van der Waals surface area contributed by atoms with Gasteiger partial charge in [-0.25, -0.2) is 4.79 Å². The predicted molar refractivity (Wildman–Crippen MR) is 86.6 cm³/mol. The van der Waals surface area contributed by atoms with E-state index >= 15 is 0 Å². The summed E-state index contributed by atoms with van der Waals surface area (Å²) in [6.07, 6.45) is 0.986. The molecule has 5 nitrogen and oxygen atoms in total. The smallest absolute Gasteiger partial charge is 0.410 e. The Morgan fingerprint density at radius 1 is 1.19 bits per heavy atom. The molecule has 0 aromatic carbocycles. The average molecular weight is 299 g/mol. The number of nitrogens with zero attached hydrogens (tertiary/aromatic N) is 2. The van der Waals surface area contributed by atoms with Crippen LogP contribution in [-0.4, -0.2) is 67.3 Å². The molecule has 0 aromatic heterocycles. The Balaban J connectivity index is 2.13. The molecule has 0 saturated carbocycles. The zero-order valence-electron chi connectivity index (χ0n) is 14.4. The maximum Gasteiger partial charge on any atom is 0.410 e. The molecule has 0 radical (unpaired) electrons. The van der Waals surface area contributed by atoms with Crippen molar-refractivity contribution >= 4 is 6.09 Å². The number of nitrogens with one attached hydrogen (secondary N) is 1. The quantitative estimate of drug-likeness (QED) is 0.764. The van der Waals surface area contributed by atoms with Crippen molar-refractivity contribution in [3.05, 3.63) is 0 Å². The standard InChI is InChI=1S/C16H33N3O2/c1-14(2)13-17-7-6-8-18-9-11-19(12-10-18)15(20)21-16(3,4)5/h14,17H,6-13H2,1-5H3. The van der Waals surface area contributed by atoms with Gasteiger partial charge in [0.1, 0.15) is 5.60 Å². The fourth-order valence-electron chi connectivity index (χ4n) is 2.30. The number of rotatable bonds is 6. The molecule has 1 N–H and O–H groups in total. The summed E-state index contributed by atoms with van der Waals surface area (Å²) in [5.41, 5.74) is -0.406. The van der Waals surface area contributed by atoms with E-state index in [1.807, 2.05) is 25.7 Å². The second-order valence-electron chi connectivity index (χ2n) is 7.26. The lowest BCUT2D eigenvalue weighted by Crippen LogP contribution is -2.50. The summed E-state index contributed by atoms with van der Waals surface area (Å²) < 4.78 is 5.41. The summed E-state index contributed by atoms with van der Waals surface area (Å²) in [6, 6.07) is 0. The van der Waals surface area contributed by atoms with Crippen molar-refractivity contribution in [2.75, 3.05) is 45.8 Å². The molecule has 0 bridgehead atoms. The van der Waals surface area contributed by atoms with Crippen LogP contribution >= 0.6 is 0 Å². The third-order valence-corrected chi connectivity index (χ3v) is 3.40. The van der Waals surface area contributed by atoms with Gasteiger partial charge in [0.2, 0.25) is 0 Å². The molecule has 1 amide bonds. The van der Waals surface area contributed by atoms with Crippen LogP contribution in [0.1, 0.15) is 41.0 Å². The summed E-state index contributed by atoms with van der Waals surface area (Å²) in [6.45, 7) is 16.9. The summed E-state index contributed by atoms with van der Waals surface area (Å²) in [5.74, 6) is 0.711. The molecular weight excluding hydrogens is 266 g/mol. The summed E-state index contributed by atoms with van der Waals surface area (Å²) in [4.78, 5) is 16.2. The van der Waals surface area contributed by atoms with E-state index in [1.54, 1.807) is 0 Å². The molecule has 1 fully saturated rings. The maximum absolute atomic E-state index is 12.0. The Bertz CT molecular complexity index is 305. The number of hydrogen-bond acceptors (Lipinski definition) is 4. The first-order valence-corrected chi connectivity index (χ1v) is 8.19. The van der Waals surface area contributed by atoms with E-state index in [1.165, 1.54) is 6.42 Å². The van der Waals surface area contributed by atoms with Gasteiger partial charge in [-0.3, -0.25) is 4.90 Å². The van der Waals surface area contributed by atoms with Crippen LogP contribution in [0.25, 0.3) is 0 Å². The minimum absolute atomic E-state index is 0.180. The van der Waals surface area contributed by atoms with Gasteiger partial charge >= 0.3 is 6.09 Å². The van der Waals surface area contributed by atoms with Gasteiger partial charge in [0.15, 0.2) is 0 Å². The van der Waals surface area contributed by atoms with Crippen molar-refractivity contribution in [3.63, 3.8) is 0 Å². The Kier molecular flexibility index (Phi) is 7.46. The van der Waals surface area contributed by atoms with Crippen LogP contribution in [0, 0.1) is 5.92 Å². The summed E-state index contributed by atoms with van der Waals surface area (Å²) >= 11 is 0. The molecule has 0 aromatic rings. The Hall–Kier alpha value is -0.810. The van der Waals surface area contributed by atoms with Crippen LogP contribution in [0.3, 0.4) is 0 Å². The van der Waals surface area contributed by atoms with E-state index in [0.717, 1.165) is 45.8 Å². The molecule has 1 aliphatic heterocycles. The highest BCUT2D eigenvalue weighted by Crippen LogP contribution is 2.11. The van der Waals surface area contributed by atoms with E-state index < -0.39 is 5.60 Å². The predicted octanol–water partition coefficient (Wildman–Crippen LogP) is 2.17. The van der Waals surface area contributed by atoms with Crippen LogP contribution in [-0.2, 0) is 4.74 Å². The molecule has 0 atom stereocenters. The highest BCUT2D eigenvalue weighted by atomic mass is 16.6. The Morgan fingerprint density at radius 3 is 2.33 bits per heavy atom. The van der Waals surface area contributed by atoms with Crippen LogP contribution in [0.15, 0.2) is 0 Å². The number of ether oxygens (including phenoxy) is 1. The lowest BCUT2D eigenvalue weighted by atomic mass is 10.2. The van der Waals surface area contributed by atoms with Crippen molar-refractivity contribution in [1.29, 1.82) is 0 Å².